The minimum absolute atomic E-state index is 0.0729. The van der Waals surface area contributed by atoms with E-state index < -0.39 is 6.04 Å². The van der Waals surface area contributed by atoms with Crippen LogP contribution in [-0.2, 0) is 9.53 Å². The number of hydrogen-bond donors (Lipinski definition) is 3. The molecule has 228 valence electrons. The van der Waals surface area contributed by atoms with Crippen LogP contribution < -0.4 is 26.6 Å². The monoisotopic (exact) mass is 590 g/mol. The molecule has 3 heterocycles. The molecule has 3 atom stereocenters. The fourth-order valence-electron chi connectivity index (χ4n) is 6.22. The van der Waals surface area contributed by atoms with Crippen LogP contribution in [0.1, 0.15) is 49.9 Å². The number of rotatable bonds is 8. The molecule has 8 nitrogen and oxygen atoms in total. The number of benzene rings is 3. The van der Waals surface area contributed by atoms with Gasteiger partial charge in [-0.1, -0.05) is 50.2 Å². The topological polar surface area (TPSA) is 110 Å². The number of aromatic nitrogens is 1. The Labute approximate surface area is 260 Å². The maximum absolute atomic E-state index is 12.5. The summed E-state index contributed by atoms with van der Waals surface area (Å²) in [6.45, 7) is 7.13. The van der Waals surface area contributed by atoms with E-state index >= 15 is 0 Å². The molecule has 3 aromatic carbocycles. The molecule has 2 saturated heterocycles. The SMILES string of the molecule is CC(C)C(N)C(=O)Nc1ccc(C2CCC(c3ccc(N)cc3)N2c2ccc(-c3ccc(N4CCOCC4)nc3)cc2)cc1. The van der Waals surface area contributed by atoms with Crippen LogP contribution >= 0.6 is 0 Å². The number of carbonyl (C=O) groups excluding carboxylic acids is 1. The summed E-state index contributed by atoms with van der Waals surface area (Å²) in [7, 11) is 0. The van der Waals surface area contributed by atoms with Crippen LogP contribution in [0, 0.1) is 5.92 Å². The minimum Gasteiger partial charge on any atom is -0.399 e. The summed E-state index contributed by atoms with van der Waals surface area (Å²) in [6.07, 6.45) is 3.99. The van der Waals surface area contributed by atoms with Gasteiger partial charge in [0.25, 0.3) is 0 Å². The zero-order valence-corrected chi connectivity index (χ0v) is 25.5. The van der Waals surface area contributed by atoms with Gasteiger partial charge in [-0.15, -0.1) is 0 Å². The Kier molecular flexibility index (Phi) is 8.82. The highest BCUT2D eigenvalue weighted by atomic mass is 16.5. The van der Waals surface area contributed by atoms with Crippen LogP contribution in [0.5, 0.6) is 0 Å². The van der Waals surface area contributed by atoms with Crippen molar-refractivity contribution in [3.63, 3.8) is 0 Å². The van der Waals surface area contributed by atoms with Crippen molar-refractivity contribution in [1.82, 2.24) is 4.98 Å². The number of hydrogen-bond acceptors (Lipinski definition) is 7. The molecule has 3 unspecified atom stereocenters. The maximum Gasteiger partial charge on any atom is 0.241 e. The first-order valence-corrected chi connectivity index (χ1v) is 15.6. The number of anilines is 4. The van der Waals surface area contributed by atoms with Gasteiger partial charge in [0.2, 0.25) is 5.91 Å². The van der Waals surface area contributed by atoms with Gasteiger partial charge in [-0.25, -0.2) is 4.98 Å². The molecule has 0 saturated carbocycles. The summed E-state index contributed by atoms with van der Waals surface area (Å²) in [5.74, 6) is 0.904. The third kappa shape index (κ3) is 6.42. The molecule has 5 N–H and O–H groups in total. The Morgan fingerprint density at radius 2 is 1.43 bits per heavy atom. The normalized spacial score (nSPS) is 19.3. The minimum atomic E-state index is -0.540. The predicted molar refractivity (Wildman–Crippen MR) is 179 cm³/mol. The molecule has 0 bridgehead atoms. The molecule has 4 aromatic rings. The van der Waals surface area contributed by atoms with Gasteiger partial charge in [0.1, 0.15) is 5.82 Å². The molecule has 44 heavy (non-hydrogen) atoms. The lowest BCUT2D eigenvalue weighted by Gasteiger charge is -2.33. The molecular weight excluding hydrogens is 548 g/mol. The van der Waals surface area contributed by atoms with Gasteiger partial charge in [0.05, 0.1) is 31.3 Å². The second kappa shape index (κ2) is 13.1. The quantitative estimate of drug-likeness (QED) is 0.211. The zero-order valence-electron chi connectivity index (χ0n) is 25.5. The van der Waals surface area contributed by atoms with Crippen molar-refractivity contribution in [1.29, 1.82) is 0 Å². The van der Waals surface area contributed by atoms with Gasteiger partial charge in [-0.2, -0.15) is 0 Å². The van der Waals surface area contributed by atoms with E-state index in [1.807, 2.05) is 44.3 Å². The lowest BCUT2D eigenvalue weighted by molar-refractivity contribution is -0.118. The lowest BCUT2D eigenvalue weighted by atomic mass is 10.0. The standard InChI is InChI=1S/C36H42N6O2/c1-24(2)35(38)36(43)40-30-12-5-27(6-13-30)33-17-16-32(26-3-10-29(37)11-4-26)42(33)31-14-7-25(8-15-31)28-9-18-34(39-23-28)41-19-21-44-22-20-41/h3-15,18,23-24,32-33,35H,16-17,19-22,37-38H2,1-2H3,(H,40,43). The smallest absolute Gasteiger partial charge is 0.241 e. The van der Waals surface area contributed by atoms with Gasteiger partial charge >= 0.3 is 0 Å². The highest BCUT2D eigenvalue weighted by Crippen LogP contribution is 2.47. The Balaban J connectivity index is 1.25. The van der Waals surface area contributed by atoms with Crippen molar-refractivity contribution in [2.24, 2.45) is 11.7 Å². The summed E-state index contributed by atoms with van der Waals surface area (Å²) in [6, 6.07) is 29.4. The van der Waals surface area contributed by atoms with Crippen LogP contribution in [0.15, 0.2) is 91.1 Å². The van der Waals surface area contributed by atoms with E-state index in [0.29, 0.717) is 0 Å². The predicted octanol–water partition coefficient (Wildman–Crippen LogP) is 6.17. The summed E-state index contributed by atoms with van der Waals surface area (Å²) < 4.78 is 5.48. The largest absolute Gasteiger partial charge is 0.399 e. The fraction of sp³-hybridized carbons (Fsp3) is 0.333. The van der Waals surface area contributed by atoms with E-state index in [1.54, 1.807) is 0 Å². The summed E-state index contributed by atoms with van der Waals surface area (Å²) in [5.41, 5.74) is 19.5. The number of pyridine rings is 1. The molecule has 0 radical (unpaired) electrons. The molecule has 2 aliphatic heterocycles. The van der Waals surface area contributed by atoms with Gasteiger partial charge in [0, 0.05) is 41.9 Å². The Morgan fingerprint density at radius 3 is 2.00 bits per heavy atom. The van der Waals surface area contributed by atoms with E-state index in [0.717, 1.165) is 73.2 Å². The highest BCUT2D eigenvalue weighted by Gasteiger charge is 2.35. The van der Waals surface area contributed by atoms with Crippen molar-refractivity contribution >= 4 is 28.8 Å². The molecular formula is C36H42N6O2. The third-order valence-corrected chi connectivity index (χ3v) is 8.87. The molecule has 2 aliphatic rings. The van der Waals surface area contributed by atoms with Crippen molar-refractivity contribution in [3.05, 3.63) is 102 Å². The van der Waals surface area contributed by atoms with Crippen LogP contribution in [0.3, 0.4) is 0 Å². The summed E-state index contributed by atoms with van der Waals surface area (Å²) >= 11 is 0. The van der Waals surface area contributed by atoms with Gasteiger partial charge in [0.15, 0.2) is 0 Å². The Hall–Kier alpha value is -4.40. The molecule has 1 aromatic heterocycles. The van der Waals surface area contributed by atoms with E-state index in [1.165, 1.54) is 11.1 Å². The van der Waals surface area contributed by atoms with Crippen molar-refractivity contribution in [3.8, 4) is 11.1 Å². The van der Waals surface area contributed by atoms with Crippen LogP contribution in [0.2, 0.25) is 0 Å². The number of amides is 1. The molecule has 8 heteroatoms. The van der Waals surface area contributed by atoms with Crippen LogP contribution in [-0.4, -0.2) is 43.2 Å². The molecule has 2 fully saturated rings. The molecule has 0 aliphatic carbocycles. The zero-order chi connectivity index (χ0) is 30.6. The highest BCUT2D eigenvalue weighted by molar-refractivity contribution is 5.94. The first kappa shape index (κ1) is 29.7. The van der Waals surface area contributed by atoms with Crippen molar-refractivity contribution < 1.29 is 9.53 Å². The number of ether oxygens (including phenoxy) is 1. The summed E-state index contributed by atoms with van der Waals surface area (Å²) in [5, 5.41) is 2.96. The lowest BCUT2D eigenvalue weighted by Crippen LogP contribution is -2.39. The molecule has 0 spiro atoms. The number of nitrogens with two attached hydrogens (primary N) is 2. The number of nitrogen functional groups attached to an aromatic ring is 1. The second-order valence-corrected chi connectivity index (χ2v) is 12.1. The number of carbonyl (C=O) groups is 1. The van der Waals surface area contributed by atoms with Crippen molar-refractivity contribution in [2.45, 2.75) is 44.8 Å². The van der Waals surface area contributed by atoms with Gasteiger partial charge in [-0.05, 0) is 84.0 Å². The van der Waals surface area contributed by atoms with Crippen LogP contribution in [0.4, 0.5) is 22.9 Å². The Morgan fingerprint density at radius 1 is 0.841 bits per heavy atom. The van der Waals surface area contributed by atoms with E-state index in [4.69, 9.17) is 21.2 Å². The third-order valence-electron chi connectivity index (χ3n) is 8.87. The first-order chi connectivity index (χ1) is 21.4. The maximum atomic E-state index is 12.5. The Bertz CT molecular complexity index is 1530. The molecule has 6 rings (SSSR count). The first-order valence-electron chi connectivity index (χ1n) is 15.6. The number of nitrogens with one attached hydrogen (secondary N) is 1. The summed E-state index contributed by atoms with van der Waals surface area (Å²) in [4.78, 5) is 22.1. The second-order valence-electron chi connectivity index (χ2n) is 12.1. The van der Waals surface area contributed by atoms with Gasteiger partial charge < -0.3 is 31.3 Å². The molecule has 1 amide bonds. The van der Waals surface area contributed by atoms with E-state index in [-0.39, 0.29) is 23.9 Å². The number of morpholine rings is 1. The number of nitrogens with zero attached hydrogens (tertiary/aromatic N) is 3. The average Bonchev–Trinajstić information content (AvgIpc) is 3.51. The van der Waals surface area contributed by atoms with Gasteiger partial charge in [-0.3, -0.25) is 4.79 Å². The fourth-order valence-corrected chi connectivity index (χ4v) is 6.22. The van der Waals surface area contributed by atoms with Crippen LogP contribution in [0.25, 0.3) is 11.1 Å². The van der Waals surface area contributed by atoms with Crippen molar-refractivity contribution in [2.75, 3.05) is 47.2 Å². The average molecular weight is 591 g/mol. The van der Waals surface area contributed by atoms with E-state index in [2.05, 4.69) is 75.8 Å². The van der Waals surface area contributed by atoms with E-state index in [9.17, 15) is 4.79 Å².